The van der Waals surface area contributed by atoms with E-state index in [2.05, 4.69) is 10.4 Å². The van der Waals surface area contributed by atoms with Gasteiger partial charge in [0.15, 0.2) is 0 Å². The summed E-state index contributed by atoms with van der Waals surface area (Å²) in [7, 11) is 2.83. The van der Waals surface area contributed by atoms with Gasteiger partial charge in [-0.15, -0.1) is 0 Å². The molecule has 0 spiro atoms. The zero-order valence-corrected chi connectivity index (χ0v) is 15.7. The number of hydrogen-bond acceptors (Lipinski definition) is 5. The topological polar surface area (TPSA) is 90.3 Å². The molecule has 1 atom stereocenters. The van der Waals surface area contributed by atoms with Crippen LogP contribution in [0.15, 0.2) is 59.4 Å². The third-order valence-corrected chi connectivity index (χ3v) is 4.46. The summed E-state index contributed by atoms with van der Waals surface area (Å²) in [6.45, 7) is 0. The fourth-order valence-corrected chi connectivity index (χ4v) is 3.09. The van der Waals surface area contributed by atoms with Gasteiger partial charge in [-0.3, -0.25) is 9.59 Å². The number of ether oxygens (including phenoxy) is 1. The van der Waals surface area contributed by atoms with Crippen LogP contribution in [0.5, 0.6) is 0 Å². The van der Waals surface area contributed by atoms with E-state index in [0.717, 1.165) is 5.56 Å². The minimum Gasteiger partial charge on any atom is -0.467 e. The van der Waals surface area contributed by atoms with Gasteiger partial charge >= 0.3 is 5.97 Å². The van der Waals surface area contributed by atoms with Gasteiger partial charge in [0.05, 0.1) is 24.6 Å². The number of hydrogen-bond donors (Lipinski definition) is 1. The summed E-state index contributed by atoms with van der Waals surface area (Å²) in [6, 6.07) is 15.6. The number of rotatable bonds is 6. The van der Waals surface area contributed by atoms with Crippen LogP contribution in [0.4, 0.5) is 0 Å². The zero-order valence-electron chi connectivity index (χ0n) is 15.7. The van der Waals surface area contributed by atoms with Gasteiger partial charge in [-0.05, 0) is 11.6 Å². The first-order valence-electron chi connectivity index (χ1n) is 8.85. The normalized spacial score (nSPS) is 11.8. The third kappa shape index (κ3) is 4.25. The van der Waals surface area contributed by atoms with Crippen LogP contribution in [-0.2, 0) is 34.2 Å². The minimum atomic E-state index is -0.807. The summed E-state index contributed by atoms with van der Waals surface area (Å²) in [5.41, 5.74) is 1.15. The lowest BCUT2D eigenvalue weighted by molar-refractivity contribution is -0.145. The molecule has 3 aromatic rings. The molecular formula is C21H21N3O4. The van der Waals surface area contributed by atoms with Crippen molar-refractivity contribution in [3.63, 3.8) is 0 Å². The summed E-state index contributed by atoms with van der Waals surface area (Å²) in [5.74, 6) is -0.891. The summed E-state index contributed by atoms with van der Waals surface area (Å²) in [4.78, 5) is 37.0. The Labute approximate surface area is 161 Å². The number of aromatic nitrogens is 2. The van der Waals surface area contributed by atoms with Crippen LogP contribution < -0.4 is 10.9 Å². The number of esters is 1. The number of nitrogens with one attached hydrogen (secondary N) is 1. The Hall–Kier alpha value is -3.48. The molecular weight excluding hydrogens is 358 g/mol. The lowest BCUT2D eigenvalue weighted by Crippen LogP contribution is -2.44. The molecule has 3 rings (SSSR count). The van der Waals surface area contributed by atoms with Crippen LogP contribution in [0, 0.1) is 0 Å². The highest BCUT2D eigenvalue weighted by atomic mass is 16.5. The van der Waals surface area contributed by atoms with Crippen LogP contribution in [0.1, 0.15) is 11.3 Å². The van der Waals surface area contributed by atoms with Gasteiger partial charge in [-0.25, -0.2) is 9.48 Å². The van der Waals surface area contributed by atoms with Gasteiger partial charge < -0.3 is 10.1 Å². The molecule has 0 aliphatic heterocycles. The second-order valence-corrected chi connectivity index (χ2v) is 6.43. The molecule has 28 heavy (non-hydrogen) atoms. The summed E-state index contributed by atoms with van der Waals surface area (Å²) in [6.07, 6.45) is 0.262. The third-order valence-electron chi connectivity index (χ3n) is 4.46. The lowest BCUT2D eigenvalue weighted by Gasteiger charge is -2.17. The smallest absolute Gasteiger partial charge is 0.328 e. The highest BCUT2D eigenvalue weighted by molar-refractivity contribution is 5.90. The van der Waals surface area contributed by atoms with E-state index < -0.39 is 12.0 Å². The highest BCUT2D eigenvalue weighted by Gasteiger charge is 2.23. The molecule has 7 heteroatoms. The summed E-state index contributed by atoms with van der Waals surface area (Å²) < 4.78 is 6.04. The molecule has 7 nitrogen and oxygen atoms in total. The van der Waals surface area contributed by atoms with Crippen molar-refractivity contribution in [3.05, 3.63) is 76.2 Å². The molecule has 0 aliphatic carbocycles. The second kappa shape index (κ2) is 8.47. The first-order valence-corrected chi connectivity index (χ1v) is 8.85. The molecule has 144 valence electrons. The molecule has 0 radical (unpaired) electrons. The number of fused-ring (bicyclic) bond motifs is 1. The largest absolute Gasteiger partial charge is 0.467 e. The van der Waals surface area contributed by atoms with Crippen LogP contribution in [0.2, 0.25) is 0 Å². The maximum atomic E-state index is 12.6. The SMILES string of the molecule is COC(=O)C(Cc1ccccc1)NC(=O)Cc1nn(C)c(=O)c2ccccc12. The van der Waals surface area contributed by atoms with Crippen LogP contribution in [0.3, 0.4) is 0 Å². The molecule has 0 saturated heterocycles. The van der Waals surface area contributed by atoms with Gasteiger partial charge in [-0.2, -0.15) is 5.10 Å². The van der Waals surface area contributed by atoms with Crippen molar-refractivity contribution >= 4 is 22.6 Å². The first-order chi connectivity index (χ1) is 13.5. The maximum absolute atomic E-state index is 12.6. The second-order valence-electron chi connectivity index (χ2n) is 6.43. The van der Waals surface area contributed by atoms with Gasteiger partial charge in [0.25, 0.3) is 5.56 Å². The van der Waals surface area contributed by atoms with Crippen LogP contribution in [-0.4, -0.2) is 34.8 Å². The average Bonchev–Trinajstić information content (AvgIpc) is 2.71. The van der Waals surface area contributed by atoms with E-state index in [-0.39, 0.29) is 17.9 Å². The number of carbonyl (C=O) groups excluding carboxylic acids is 2. The van der Waals surface area contributed by atoms with Crippen molar-refractivity contribution in [2.75, 3.05) is 7.11 Å². The average molecular weight is 379 g/mol. The molecule has 0 aliphatic rings. The Morgan fingerprint density at radius 1 is 1.07 bits per heavy atom. The van der Waals surface area contributed by atoms with Crippen molar-refractivity contribution < 1.29 is 14.3 Å². The van der Waals surface area contributed by atoms with Gasteiger partial charge in [0, 0.05) is 18.9 Å². The van der Waals surface area contributed by atoms with Crippen molar-refractivity contribution in [2.24, 2.45) is 7.05 Å². The Balaban J connectivity index is 1.82. The fourth-order valence-electron chi connectivity index (χ4n) is 3.09. The standard InChI is InChI=1S/C21H21N3O4/c1-24-20(26)16-11-7-6-10-15(16)17(23-24)13-19(25)22-18(21(27)28-2)12-14-8-4-3-5-9-14/h3-11,18H,12-13H2,1-2H3,(H,22,25). The van der Waals surface area contributed by atoms with E-state index in [1.165, 1.54) is 11.8 Å². The van der Waals surface area contributed by atoms with E-state index in [1.807, 2.05) is 30.3 Å². The van der Waals surface area contributed by atoms with Crippen molar-refractivity contribution in [1.82, 2.24) is 15.1 Å². The van der Waals surface area contributed by atoms with E-state index >= 15 is 0 Å². The highest BCUT2D eigenvalue weighted by Crippen LogP contribution is 2.14. The van der Waals surface area contributed by atoms with Crippen LogP contribution in [0.25, 0.3) is 10.8 Å². The number of amides is 1. The van der Waals surface area contributed by atoms with Crippen molar-refractivity contribution in [3.8, 4) is 0 Å². The predicted octanol–water partition coefficient (Wildman–Crippen LogP) is 1.38. The molecule has 1 aromatic heterocycles. The first kappa shape index (κ1) is 19.3. The molecule has 1 amide bonds. The fraction of sp³-hybridized carbons (Fsp3) is 0.238. The Kier molecular flexibility index (Phi) is 5.84. The minimum absolute atomic E-state index is 0.0586. The van der Waals surface area contributed by atoms with Gasteiger partial charge in [0.1, 0.15) is 6.04 Å². The van der Waals surface area contributed by atoms with Crippen LogP contribution >= 0.6 is 0 Å². The monoisotopic (exact) mass is 379 g/mol. The predicted molar refractivity (Wildman–Crippen MR) is 105 cm³/mol. The number of nitrogens with zero attached hydrogens (tertiary/aromatic N) is 2. The van der Waals surface area contributed by atoms with E-state index in [9.17, 15) is 14.4 Å². The van der Waals surface area contributed by atoms with E-state index in [1.54, 1.807) is 31.3 Å². The van der Waals surface area contributed by atoms with Gasteiger partial charge in [0.2, 0.25) is 5.91 Å². The lowest BCUT2D eigenvalue weighted by atomic mass is 10.1. The summed E-state index contributed by atoms with van der Waals surface area (Å²) in [5, 5.41) is 8.07. The summed E-state index contributed by atoms with van der Waals surface area (Å²) >= 11 is 0. The molecule has 0 saturated carbocycles. The molecule has 1 heterocycles. The Morgan fingerprint density at radius 3 is 2.39 bits per heavy atom. The van der Waals surface area contributed by atoms with Gasteiger partial charge in [-0.1, -0.05) is 48.5 Å². The van der Waals surface area contributed by atoms with Crippen molar-refractivity contribution in [1.29, 1.82) is 0 Å². The number of methoxy groups -OCH3 is 1. The Bertz CT molecular complexity index is 1060. The molecule has 1 unspecified atom stereocenters. The number of benzene rings is 2. The molecule has 2 aromatic carbocycles. The van der Waals surface area contributed by atoms with E-state index in [0.29, 0.717) is 22.9 Å². The number of carbonyl (C=O) groups is 2. The Morgan fingerprint density at radius 2 is 1.71 bits per heavy atom. The molecule has 0 bridgehead atoms. The maximum Gasteiger partial charge on any atom is 0.328 e. The quantitative estimate of drug-likeness (QED) is 0.654. The molecule has 1 N–H and O–H groups in total. The number of aryl methyl sites for hydroxylation is 1. The molecule has 0 fully saturated rings. The van der Waals surface area contributed by atoms with Crippen molar-refractivity contribution in [2.45, 2.75) is 18.9 Å². The zero-order chi connectivity index (χ0) is 20.1. The van der Waals surface area contributed by atoms with E-state index in [4.69, 9.17) is 4.74 Å².